The van der Waals surface area contributed by atoms with E-state index in [1.807, 2.05) is 0 Å². The van der Waals surface area contributed by atoms with Crippen molar-refractivity contribution in [1.82, 2.24) is 14.7 Å². The number of alkyl halides is 3. The normalized spacial score (nSPS) is 17.4. The van der Waals surface area contributed by atoms with E-state index in [4.69, 9.17) is 0 Å². The fourth-order valence-corrected chi connectivity index (χ4v) is 3.24. The fraction of sp³-hybridized carbons (Fsp3) is 0.368. The first kappa shape index (κ1) is 19.8. The highest BCUT2D eigenvalue weighted by molar-refractivity contribution is 5.99. The number of Topliss-reactive ketones (excluding diaryl/α,β-unsaturated/α-hetero) is 1. The Morgan fingerprint density at radius 2 is 1.93 bits per heavy atom. The van der Waals surface area contributed by atoms with Crippen molar-refractivity contribution in [3.63, 3.8) is 0 Å². The van der Waals surface area contributed by atoms with E-state index < -0.39 is 29.3 Å². The minimum Gasteiger partial charge on any atom is -0.337 e. The first-order valence-electron chi connectivity index (χ1n) is 8.72. The van der Waals surface area contributed by atoms with Crippen LogP contribution in [0.3, 0.4) is 0 Å². The molecule has 0 saturated carbocycles. The van der Waals surface area contributed by atoms with Gasteiger partial charge in [0.15, 0.2) is 5.78 Å². The van der Waals surface area contributed by atoms with Crippen molar-refractivity contribution in [2.45, 2.75) is 19.0 Å². The molecule has 148 valence electrons. The van der Waals surface area contributed by atoms with Crippen molar-refractivity contribution in [3.8, 4) is 0 Å². The van der Waals surface area contributed by atoms with Crippen molar-refractivity contribution < 1.29 is 22.8 Å². The van der Waals surface area contributed by atoms with Crippen LogP contribution in [0.4, 0.5) is 13.2 Å². The maximum Gasteiger partial charge on any atom is 0.416 e. The molecule has 0 unspecified atom stereocenters. The molecular weight excluding hydrogens is 375 g/mol. The van der Waals surface area contributed by atoms with E-state index in [0.29, 0.717) is 19.4 Å². The fourth-order valence-electron chi connectivity index (χ4n) is 3.24. The van der Waals surface area contributed by atoms with Crippen LogP contribution in [-0.2, 0) is 13.2 Å². The second-order valence-electron chi connectivity index (χ2n) is 6.71. The maximum atomic E-state index is 12.9. The zero-order valence-electron chi connectivity index (χ0n) is 15.1. The summed E-state index contributed by atoms with van der Waals surface area (Å²) in [4.78, 5) is 38.2. The van der Waals surface area contributed by atoms with Gasteiger partial charge in [0.1, 0.15) is 5.69 Å². The van der Waals surface area contributed by atoms with Gasteiger partial charge in [0.2, 0.25) is 0 Å². The summed E-state index contributed by atoms with van der Waals surface area (Å²) < 4.78 is 39.7. The Labute approximate surface area is 158 Å². The van der Waals surface area contributed by atoms with Crippen molar-refractivity contribution in [1.29, 1.82) is 0 Å². The molecule has 0 N–H and O–H groups in total. The molecule has 1 aromatic carbocycles. The number of benzene rings is 1. The molecule has 1 aromatic heterocycles. The predicted octanol–water partition coefficient (Wildman–Crippen LogP) is 2.53. The molecule has 1 aliphatic heterocycles. The van der Waals surface area contributed by atoms with E-state index in [1.165, 1.54) is 36.2 Å². The molecule has 2 aromatic rings. The number of rotatable bonds is 3. The van der Waals surface area contributed by atoms with Crippen LogP contribution in [0, 0.1) is 5.92 Å². The van der Waals surface area contributed by atoms with Gasteiger partial charge in [-0.1, -0.05) is 12.1 Å². The highest BCUT2D eigenvalue weighted by Gasteiger charge is 2.33. The summed E-state index contributed by atoms with van der Waals surface area (Å²) in [5.74, 6) is -1.43. The molecule has 0 aliphatic carbocycles. The minimum atomic E-state index is -4.53. The van der Waals surface area contributed by atoms with E-state index in [0.717, 1.165) is 16.8 Å². The molecular formula is C19H18F3N3O3. The monoisotopic (exact) mass is 393 g/mol. The van der Waals surface area contributed by atoms with Crippen molar-refractivity contribution in [2.75, 3.05) is 13.1 Å². The Bertz CT molecular complexity index is 969. The Hall–Kier alpha value is -2.97. The van der Waals surface area contributed by atoms with Gasteiger partial charge in [0.25, 0.3) is 11.5 Å². The van der Waals surface area contributed by atoms with Gasteiger partial charge < -0.3 is 4.90 Å². The molecule has 1 saturated heterocycles. The van der Waals surface area contributed by atoms with Gasteiger partial charge in [0.05, 0.1) is 5.56 Å². The van der Waals surface area contributed by atoms with Crippen molar-refractivity contribution in [3.05, 3.63) is 63.6 Å². The Balaban J connectivity index is 1.77. The number of ketones is 1. The lowest BCUT2D eigenvalue weighted by molar-refractivity contribution is -0.137. The van der Waals surface area contributed by atoms with Gasteiger partial charge >= 0.3 is 6.18 Å². The molecule has 1 amide bonds. The first-order valence-corrected chi connectivity index (χ1v) is 8.72. The van der Waals surface area contributed by atoms with Crippen LogP contribution in [0.25, 0.3) is 0 Å². The lowest BCUT2D eigenvalue weighted by atomic mass is 9.89. The van der Waals surface area contributed by atoms with Crippen LogP contribution in [0.15, 0.2) is 41.2 Å². The number of nitrogens with zero attached hydrogens (tertiary/aromatic N) is 3. The Kier molecular flexibility index (Phi) is 5.35. The maximum absolute atomic E-state index is 12.9. The highest BCUT2D eigenvalue weighted by atomic mass is 19.4. The molecule has 0 radical (unpaired) electrons. The molecule has 28 heavy (non-hydrogen) atoms. The summed E-state index contributed by atoms with van der Waals surface area (Å²) in [7, 11) is 1.43. The van der Waals surface area contributed by atoms with Crippen molar-refractivity contribution in [2.24, 2.45) is 13.0 Å². The molecule has 1 aliphatic rings. The average Bonchev–Trinajstić information content (AvgIpc) is 2.68. The molecule has 0 spiro atoms. The zero-order valence-corrected chi connectivity index (χ0v) is 15.1. The van der Waals surface area contributed by atoms with Crippen LogP contribution in [0.2, 0.25) is 0 Å². The summed E-state index contributed by atoms with van der Waals surface area (Å²) in [6, 6.07) is 6.87. The summed E-state index contributed by atoms with van der Waals surface area (Å²) in [5.41, 5.74) is -1.17. The second-order valence-corrected chi connectivity index (χ2v) is 6.71. The number of carbonyl (C=O) groups excluding carboxylic acids is 2. The quantitative estimate of drug-likeness (QED) is 0.752. The highest BCUT2D eigenvalue weighted by Crippen LogP contribution is 2.30. The zero-order chi connectivity index (χ0) is 20.5. The van der Waals surface area contributed by atoms with E-state index in [1.54, 1.807) is 0 Å². The largest absolute Gasteiger partial charge is 0.416 e. The van der Waals surface area contributed by atoms with Crippen molar-refractivity contribution >= 4 is 11.7 Å². The van der Waals surface area contributed by atoms with Gasteiger partial charge in [-0.2, -0.15) is 18.3 Å². The summed E-state index contributed by atoms with van der Waals surface area (Å²) in [5, 5.41) is 3.92. The van der Waals surface area contributed by atoms with E-state index >= 15 is 0 Å². The molecule has 0 bridgehead atoms. The lowest BCUT2D eigenvalue weighted by Crippen LogP contribution is -2.43. The lowest BCUT2D eigenvalue weighted by Gasteiger charge is -2.32. The molecule has 9 heteroatoms. The molecule has 6 nitrogen and oxygen atoms in total. The first-order chi connectivity index (χ1) is 13.2. The van der Waals surface area contributed by atoms with Crippen LogP contribution in [0.5, 0.6) is 0 Å². The summed E-state index contributed by atoms with van der Waals surface area (Å²) in [6.45, 7) is 0.508. The van der Waals surface area contributed by atoms with Crippen LogP contribution in [0.1, 0.15) is 39.3 Å². The van der Waals surface area contributed by atoms with E-state index in [2.05, 4.69) is 5.10 Å². The van der Waals surface area contributed by atoms with Gasteiger partial charge in [-0.3, -0.25) is 14.4 Å². The topological polar surface area (TPSA) is 72.3 Å². The number of hydrogen-bond acceptors (Lipinski definition) is 4. The summed E-state index contributed by atoms with van der Waals surface area (Å²) >= 11 is 0. The number of aryl methyl sites for hydroxylation is 1. The Morgan fingerprint density at radius 1 is 1.18 bits per heavy atom. The van der Waals surface area contributed by atoms with Gasteiger partial charge in [0, 0.05) is 37.7 Å². The Morgan fingerprint density at radius 3 is 2.61 bits per heavy atom. The minimum absolute atomic E-state index is 0.0191. The molecule has 3 rings (SSSR count). The molecule has 1 atom stereocenters. The van der Waals surface area contributed by atoms with Crippen LogP contribution < -0.4 is 5.56 Å². The number of amides is 1. The second kappa shape index (κ2) is 7.57. The van der Waals surface area contributed by atoms with E-state index in [-0.39, 0.29) is 23.4 Å². The number of likely N-dealkylation sites (tertiary alicyclic amines) is 1. The standard InChI is InChI=1S/C19H18F3N3O3/c1-24-16(26)8-7-15(23-24)18(28)25-9-3-5-13(11-25)17(27)12-4-2-6-14(10-12)19(20,21)22/h2,4,6-8,10,13H,3,5,9,11H2,1H3/t13-/m0/s1. The average molecular weight is 393 g/mol. The third kappa shape index (κ3) is 4.13. The summed E-state index contributed by atoms with van der Waals surface area (Å²) in [6.07, 6.45) is -3.49. The number of halogens is 3. The van der Waals surface area contributed by atoms with Crippen LogP contribution in [-0.4, -0.2) is 39.5 Å². The van der Waals surface area contributed by atoms with Crippen LogP contribution >= 0.6 is 0 Å². The van der Waals surface area contributed by atoms with Gasteiger partial charge in [-0.15, -0.1) is 0 Å². The number of piperidine rings is 1. The molecule has 2 heterocycles. The predicted molar refractivity (Wildman–Crippen MR) is 93.9 cm³/mol. The van der Waals surface area contributed by atoms with Gasteiger partial charge in [-0.05, 0) is 31.0 Å². The third-order valence-corrected chi connectivity index (χ3v) is 4.73. The number of carbonyl (C=O) groups is 2. The van der Waals surface area contributed by atoms with Gasteiger partial charge in [-0.25, -0.2) is 4.68 Å². The van der Waals surface area contributed by atoms with E-state index in [9.17, 15) is 27.6 Å². The number of aromatic nitrogens is 2. The SMILES string of the molecule is Cn1nc(C(=O)N2CCC[C@H](C(=O)c3cccc(C(F)(F)F)c3)C2)ccc1=O. The molecule has 1 fully saturated rings. The third-order valence-electron chi connectivity index (χ3n) is 4.73. The number of hydrogen-bond donors (Lipinski definition) is 0. The smallest absolute Gasteiger partial charge is 0.337 e.